The molecule has 1 unspecified atom stereocenters. The third-order valence-corrected chi connectivity index (χ3v) is 4.61. The molecule has 2 aromatic rings. The van der Waals surface area contributed by atoms with E-state index in [1.807, 2.05) is 6.07 Å². The van der Waals surface area contributed by atoms with Crippen LogP contribution in [0.15, 0.2) is 48.5 Å². The highest BCUT2D eigenvalue weighted by atomic mass is 16.5. The van der Waals surface area contributed by atoms with Crippen LogP contribution in [-0.2, 0) is 9.59 Å². The molecular formula is C22H21N3O4. The van der Waals surface area contributed by atoms with E-state index in [4.69, 9.17) is 10.5 Å². The van der Waals surface area contributed by atoms with Gasteiger partial charge in [0.15, 0.2) is 0 Å². The summed E-state index contributed by atoms with van der Waals surface area (Å²) in [4.78, 5) is 37.4. The van der Waals surface area contributed by atoms with Crippen molar-refractivity contribution in [3.05, 3.63) is 59.7 Å². The molecular weight excluding hydrogens is 370 g/mol. The number of methoxy groups -OCH3 is 1. The number of carbonyl (C=O) groups is 3. The number of nitrogens with zero attached hydrogens (tertiary/aromatic N) is 1. The number of ether oxygens (including phenoxy) is 1. The second-order valence-electron chi connectivity index (χ2n) is 6.57. The molecule has 3 amide bonds. The molecule has 1 heterocycles. The van der Waals surface area contributed by atoms with Gasteiger partial charge >= 0.3 is 0 Å². The van der Waals surface area contributed by atoms with Gasteiger partial charge in [-0.15, -0.1) is 0 Å². The van der Waals surface area contributed by atoms with E-state index in [1.54, 1.807) is 54.5 Å². The maximum absolute atomic E-state index is 12.4. The number of hydrogen-bond donors (Lipinski definition) is 2. The minimum atomic E-state index is -0.495. The Morgan fingerprint density at radius 3 is 2.69 bits per heavy atom. The molecule has 1 atom stereocenters. The van der Waals surface area contributed by atoms with Crippen molar-refractivity contribution in [3.8, 4) is 17.6 Å². The Balaban J connectivity index is 1.54. The van der Waals surface area contributed by atoms with Gasteiger partial charge in [0.1, 0.15) is 5.75 Å². The van der Waals surface area contributed by atoms with Crippen molar-refractivity contribution in [2.75, 3.05) is 25.1 Å². The van der Waals surface area contributed by atoms with Gasteiger partial charge in [-0.1, -0.05) is 17.9 Å². The van der Waals surface area contributed by atoms with E-state index in [-0.39, 0.29) is 24.8 Å². The molecule has 3 N–H and O–H groups in total. The highest BCUT2D eigenvalue weighted by Gasteiger charge is 2.35. The fourth-order valence-electron chi connectivity index (χ4n) is 3.05. The fourth-order valence-corrected chi connectivity index (χ4v) is 3.05. The molecule has 1 fully saturated rings. The fraction of sp³-hybridized carbons (Fsp3) is 0.227. The standard InChI is InChI=1S/C22H21N3O4/c1-29-19-6-2-5-18(13-19)25-14-17(12-20(25)26)22(28)24-11-3-4-15-7-9-16(10-8-15)21(23)27/h2,5-10,13,17H,11-12,14H2,1H3,(H2,23,27)(H,24,28). The summed E-state index contributed by atoms with van der Waals surface area (Å²) < 4.78 is 5.19. The van der Waals surface area contributed by atoms with E-state index in [9.17, 15) is 14.4 Å². The number of primary amides is 1. The largest absolute Gasteiger partial charge is 0.497 e. The molecule has 7 heteroatoms. The van der Waals surface area contributed by atoms with Gasteiger partial charge in [-0.2, -0.15) is 0 Å². The molecule has 1 aliphatic rings. The van der Waals surface area contributed by atoms with Gasteiger partial charge in [-0.25, -0.2) is 0 Å². The summed E-state index contributed by atoms with van der Waals surface area (Å²) in [5.74, 6) is 5.20. The van der Waals surface area contributed by atoms with Gasteiger partial charge < -0.3 is 20.7 Å². The van der Waals surface area contributed by atoms with Gasteiger partial charge in [-0.05, 0) is 36.4 Å². The Kier molecular flexibility index (Phi) is 6.15. The van der Waals surface area contributed by atoms with Crippen LogP contribution in [0, 0.1) is 17.8 Å². The zero-order valence-corrected chi connectivity index (χ0v) is 16.0. The first-order valence-electron chi connectivity index (χ1n) is 9.09. The van der Waals surface area contributed by atoms with Crippen molar-refractivity contribution < 1.29 is 19.1 Å². The predicted molar refractivity (Wildman–Crippen MR) is 108 cm³/mol. The van der Waals surface area contributed by atoms with Crippen LogP contribution >= 0.6 is 0 Å². The van der Waals surface area contributed by atoms with Crippen LogP contribution in [0.4, 0.5) is 5.69 Å². The molecule has 0 aromatic heterocycles. The molecule has 0 radical (unpaired) electrons. The molecule has 148 valence electrons. The zero-order chi connectivity index (χ0) is 20.8. The van der Waals surface area contributed by atoms with Gasteiger partial charge in [0, 0.05) is 35.8 Å². The monoisotopic (exact) mass is 391 g/mol. The normalized spacial score (nSPS) is 15.4. The Hall–Kier alpha value is -3.79. The number of carbonyl (C=O) groups excluding carboxylic acids is 3. The van der Waals surface area contributed by atoms with Crippen LogP contribution in [0.2, 0.25) is 0 Å². The highest BCUT2D eigenvalue weighted by molar-refractivity contribution is 6.00. The smallest absolute Gasteiger partial charge is 0.248 e. The number of amides is 3. The van der Waals surface area contributed by atoms with Gasteiger partial charge in [0.05, 0.1) is 19.6 Å². The quantitative estimate of drug-likeness (QED) is 0.751. The molecule has 1 aliphatic heterocycles. The van der Waals surface area contributed by atoms with E-state index in [0.29, 0.717) is 29.1 Å². The number of benzene rings is 2. The average Bonchev–Trinajstić information content (AvgIpc) is 3.13. The van der Waals surface area contributed by atoms with E-state index in [2.05, 4.69) is 17.2 Å². The van der Waals surface area contributed by atoms with Crippen LogP contribution in [-0.4, -0.2) is 37.9 Å². The summed E-state index contributed by atoms with van der Waals surface area (Å²) in [6.45, 7) is 0.486. The summed E-state index contributed by atoms with van der Waals surface area (Å²) in [5, 5.41) is 2.75. The first kappa shape index (κ1) is 20.0. The summed E-state index contributed by atoms with van der Waals surface area (Å²) in [5.41, 5.74) is 7.03. The van der Waals surface area contributed by atoms with Crippen molar-refractivity contribution in [2.45, 2.75) is 6.42 Å². The van der Waals surface area contributed by atoms with Gasteiger partial charge in [0.25, 0.3) is 0 Å². The second-order valence-corrected chi connectivity index (χ2v) is 6.57. The van der Waals surface area contributed by atoms with E-state index < -0.39 is 11.8 Å². The van der Waals surface area contributed by atoms with Crippen LogP contribution in [0.25, 0.3) is 0 Å². The first-order chi connectivity index (χ1) is 14.0. The van der Waals surface area contributed by atoms with Gasteiger partial charge in [-0.3, -0.25) is 14.4 Å². The molecule has 0 bridgehead atoms. The Morgan fingerprint density at radius 2 is 2.00 bits per heavy atom. The lowest BCUT2D eigenvalue weighted by Crippen LogP contribution is -2.33. The second kappa shape index (κ2) is 8.93. The third-order valence-electron chi connectivity index (χ3n) is 4.61. The molecule has 0 saturated carbocycles. The molecule has 1 saturated heterocycles. The lowest BCUT2D eigenvalue weighted by molar-refractivity contribution is -0.126. The van der Waals surface area contributed by atoms with E-state index >= 15 is 0 Å². The first-order valence-corrected chi connectivity index (χ1v) is 9.09. The average molecular weight is 391 g/mol. The van der Waals surface area contributed by atoms with E-state index in [1.165, 1.54) is 0 Å². The number of hydrogen-bond acceptors (Lipinski definition) is 4. The Labute approximate surface area is 168 Å². The van der Waals surface area contributed by atoms with Crippen molar-refractivity contribution in [3.63, 3.8) is 0 Å². The summed E-state index contributed by atoms with van der Waals surface area (Å²) >= 11 is 0. The maximum atomic E-state index is 12.4. The minimum Gasteiger partial charge on any atom is -0.497 e. The number of nitrogens with one attached hydrogen (secondary N) is 1. The van der Waals surface area contributed by atoms with Crippen molar-refractivity contribution in [1.82, 2.24) is 5.32 Å². The van der Waals surface area contributed by atoms with Crippen LogP contribution in [0.5, 0.6) is 5.75 Å². The maximum Gasteiger partial charge on any atom is 0.248 e. The summed E-state index contributed by atoms with van der Waals surface area (Å²) in [6, 6.07) is 13.8. The van der Waals surface area contributed by atoms with Crippen LogP contribution < -0.4 is 20.7 Å². The zero-order valence-electron chi connectivity index (χ0n) is 16.0. The molecule has 29 heavy (non-hydrogen) atoms. The molecule has 0 aliphatic carbocycles. The number of rotatable bonds is 5. The third kappa shape index (κ3) is 4.93. The minimum absolute atomic E-state index is 0.0981. The molecule has 7 nitrogen and oxygen atoms in total. The Morgan fingerprint density at radius 1 is 1.24 bits per heavy atom. The predicted octanol–water partition coefficient (Wildman–Crippen LogP) is 1.31. The van der Waals surface area contributed by atoms with E-state index in [0.717, 1.165) is 0 Å². The number of anilines is 1. The highest BCUT2D eigenvalue weighted by Crippen LogP contribution is 2.27. The van der Waals surface area contributed by atoms with Crippen molar-refractivity contribution in [2.24, 2.45) is 11.7 Å². The summed E-state index contributed by atoms with van der Waals surface area (Å²) in [7, 11) is 1.56. The van der Waals surface area contributed by atoms with Crippen LogP contribution in [0.3, 0.4) is 0 Å². The van der Waals surface area contributed by atoms with Crippen molar-refractivity contribution in [1.29, 1.82) is 0 Å². The SMILES string of the molecule is COc1cccc(N2CC(C(=O)NCC#Cc3ccc(C(N)=O)cc3)CC2=O)c1. The van der Waals surface area contributed by atoms with Gasteiger partial charge in [0.2, 0.25) is 17.7 Å². The van der Waals surface area contributed by atoms with Crippen molar-refractivity contribution >= 4 is 23.4 Å². The lowest BCUT2D eigenvalue weighted by Gasteiger charge is -2.17. The van der Waals surface area contributed by atoms with Crippen LogP contribution in [0.1, 0.15) is 22.3 Å². The topological polar surface area (TPSA) is 102 Å². The molecule has 2 aromatic carbocycles. The summed E-state index contributed by atoms with van der Waals surface area (Å²) in [6.07, 6.45) is 0.158. The lowest BCUT2D eigenvalue weighted by atomic mass is 10.1. The molecule has 0 spiro atoms. The Bertz CT molecular complexity index is 989. The molecule has 3 rings (SSSR count). The number of nitrogens with two attached hydrogens (primary N) is 1.